The molecule has 11 heteroatoms. The zero-order valence-corrected chi connectivity index (χ0v) is 6.89. The zero-order chi connectivity index (χ0) is 13.4. The molecule has 94 valence electrons. The van der Waals surface area contributed by atoms with E-state index in [1.54, 1.807) is 0 Å². The summed E-state index contributed by atoms with van der Waals surface area (Å²) in [6.45, 7) is 0. The zero-order valence-electron chi connectivity index (χ0n) is 6.89. The fourth-order valence-corrected chi connectivity index (χ4v) is 0.517. The Morgan fingerprint density at radius 3 is 1.56 bits per heavy atom. The van der Waals surface area contributed by atoms with Gasteiger partial charge >= 0.3 is 29.7 Å². The molecule has 0 aliphatic heterocycles. The molecule has 16 heavy (non-hydrogen) atoms. The topological polar surface area (TPSA) is 83.8 Å². The average Bonchev–Trinajstić information content (AvgIpc) is 2.15. The third kappa shape index (κ3) is 1.77. The maximum absolute atomic E-state index is 12.4. The Bertz CT molecular complexity index is 312. The monoisotopic (exact) mass is 256 g/mol. The standard InChI is InChI=1S/C5H2F6O5/c6-3(7,1(12)13)5(10,11)4(8,9)2(14)16-15/h15H,(H,12,13). The van der Waals surface area contributed by atoms with E-state index in [0.717, 1.165) is 0 Å². The van der Waals surface area contributed by atoms with E-state index >= 15 is 0 Å². The molecule has 0 aromatic heterocycles. The van der Waals surface area contributed by atoms with Crippen LogP contribution in [0.15, 0.2) is 0 Å². The highest BCUT2D eigenvalue weighted by atomic mass is 19.3. The molecule has 5 nitrogen and oxygen atoms in total. The highest BCUT2D eigenvalue weighted by Gasteiger charge is 2.79. The van der Waals surface area contributed by atoms with Crippen LogP contribution in [0.1, 0.15) is 0 Å². The van der Waals surface area contributed by atoms with Crippen molar-refractivity contribution in [2.75, 3.05) is 0 Å². The molecule has 0 amide bonds. The van der Waals surface area contributed by atoms with Gasteiger partial charge in [-0.05, 0) is 0 Å². The van der Waals surface area contributed by atoms with Crippen LogP contribution in [0.25, 0.3) is 0 Å². The van der Waals surface area contributed by atoms with E-state index in [-0.39, 0.29) is 0 Å². The predicted octanol–water partition coefficient (Wildman–Crippen LogP) is 0.993. The van der Waals surface area contributed by atoms with Gasteiger partial charge in [0, 0.05) is 0 Å². The lowest BCUT2D eigenvalue weighted by atomic mass is 10.1. The van der Waals surface area contributed by atoms with Crippen LogP contribution in [0.2, 0.25) is 0 Å². The van der Waals surface area contributed by atoms with Crippen LogP contribution >= 0.6 is 0 Å². The summed E-state index contributed by atoms with van der Waals surface area (Å²) >= 11 is 0. The van der Waals surface area contributed by atoms with E-state index in [0.29, 0.717) is 0 Å². The minimum atomic E-state index is -6.56. The van der Waals surface area contributed by atoms with Crippen molar-refractivity contribution in [1.82, 2.24) is 0 Å². The summed E-state index contributed by atoms with van der Waals surface area (Å²) in [6.07, 6.45) is 0. The van der Waals surface area contributed by atoms with Gasteiger partial charge < -0.3 is 5.11 Å². The van der Waals surface area contributed by atoms with Crippen molar-refractivity contribution in [3.05, 3.63) is 0 Å². The van der Waals surface area contributed by atoms with Crippen molar-refractivity contribution in [1.29, 1.82) is 0 Å². The molecule has 0 aliphatic rings. The predicted molar refractivity (Wildman–Crippen MR) is 31.2 cm³/mol. The average molecular weight is 256 g/mol. The quantitative estimate of drug-likeness (QED) is 0.445. The van der Waals surface area contributed by atoms with Crippen LogP contribution < -0.4 is 0 Å². The van der Waals surface area contributed by atoms with Gasteiger partial charge in [0.25, 0.3) is 0 Å². The van der Waals surface area contributed by atoms with Crippen LogP contribution in [-0.4, -0.2) is 40.1 Å². The summed E-state index contributed by atoms with van der Waals surface area (Å²) in [6, 6.07) is 0. The first-order valence-electron chi connectivity index (χ1n) is 3.15. The van der Waals surface area contributed by atoms with E-state index < -0.39 is 29.7 Å². The molecule has 0 saturated heterocycles. The van der Waals surface area contributed by atoms with Gasteiger partial charge in [-0.15, -0.1) is 0 Å². The lowest BCUT2D eigenvalue weighted by molar-refractivity contribution is -0.320. The van der Waals surface area contributed by atoms with Gasteiger partial charge in [-0.2, -0.15) is 31.6 Å². The molecule has 0 spiro atoms. The number of aliphatic carboxylic acids is 1. The molecular weight excluding hydrogens is 254 g/mol. The highest BCUT2D eigenvalue weighted by molar-refractivity contribution is 5.83. The second kappa shape index (κ2) is 3.81. The Balaban J connectivity index is 5.51. The maximum Gasteiger partial charge on any atom is 0.417 e. The van der Waals surface area contributed by atoms with Crippen LogP contribution in [0.5, 0.6) is 0 Å². The highest BCUT2D eigenvalue weighted by Crippen LogP contribution is 2.46. The van der Waals surface area contributed by atoms with E-state index in [9.17, 15) is 35.9 Å². The third-order valence-electron chi connectivity index (χ3n) is 1.40. The molecule has 0 heterocycles. The molecular formula is C5H2F6O5. The van der Waals surface area contributed by atoms with Gasteiger partial charge in [0.1, 0.15) is 0 Å². The minimum Gasteiger partial charge on any atom is -0.477 e. The van der Waals surface area contributed by atoms with Crippen molar-refractivity contribution < 1.29 is 51.2 Å². The molecule has 0 aliphatic carbocycles. The van der Waals surface area contributed by atoms with Gasteiger partial charge in [-0.25, -0.2) is 9.59 Å². The summed E-state index contributed by atoms with van der Waals surface area (Å²) in [5.74, 6) is -26.0. The molecule has 2 N–H and O–H groups in total. The molecule has 0 radical (unpaired) electrons. The fourth-order valence-electron chi connectivity index (χ4n) is 0.517. The Labute approximate surface area is 82.1 Å². The van der Waals surface area contributed by atoms with Gasteiger partial charge in [0.15, 0.2) is 0 Å². The normalized spacial score (nSPS) is 13.4. The Morgan fingerprint density at radius 2 is 1.31 bits per heavy atom. The van der Waals surface area contributed by atoms with Gasteiger partial charge in [-0.3, -0.25) is 4.89 Å². The van der Waals surface area contributed by atoms with Gasteiger partial charge in [0.05, 0.1) is 0 Å². The number of alkyl halides is 6. The molecule has 0 atom stereocenters. The Kier molecular flexibility index (Phi) is 3.45. The van der Waals surface area contributed by atoms with Crippen molar-refractivity contribution in [3.8, 4) is 0 Å². The summed E-state index contributed by atoms with van der Waals surface area (Å²) in [4.78, 5) is 21.7. The summed E-state index contributed by atoms with van der Waals surface area (Å²) in [7, 11) is 0. The first-order chi connectivity index (χ1) is 6.92. The maximum atomic E-state index is 12.4. The second-order valence-electron chi connectivity index (χ2n) is 2.41. The van der Waals surface area contributed by atoms with Crippen molar-refractivity contribution >= 4 is 11.9 Å². The number of carbonyl (C=O) groups is 2. The number of carboxylic acid groups (broad SMARTS) is 1. The van der Waals surface area contributed by atoms with E-state index in [2.05, 4.69) is 4.89 Å². The van der Waals surface area contributed by atoms with E-state index in [1.807, 2.05) is 0 Å². The summed E-state index contributed by atoms with van der Waals surface area (Å²) in [5.41, 5.74) is 0. The molecule has 0 fully saturated rings. The number of carboxylic acids is 1. The second-order valence-corrected chi connectivity index (χ2v) is 2.41. The van der Waals surface area contributed by atoms with Crippen LogP contribution in [0.3, 0.4) is 0 Å². The largest absolute Gasteiger partial charge is 0.477 e. The van der Waals surface area contributed by atoms with Crippen molar-refractivity contribution in [2.24, 2.45) is 0 Å². The number of rotatable bonds is 4. The Hall–Kier alpha value is -1.52. The lowest BCUT2D eigenvalue weighted by Crippen LogP contribution is -2.61. The summed E-state index contributed by atoms with van der Waals surface area (Å²) in [5, 5.41) is 15.0. The number of halogens is 6. The smallest absolute Gasteiger partial charge is 0.417 e. The van der Waals surface area contributed by atoms with Gasteiger partial charge in [0.2, 0.25) is 0 Å². The molecule has 0 bridgehead atoms. The van der Waals surface area contributed by atoms with Crippen LogP contribution in [-0.2, 0) is 14.5 Å². The number of hydrogen-bond acceptors (Lipinski definition) is 4. The molecule has 0 aromatic carbocycles. The third-order valence-corrected chi connectivity index (χ3v) is 1.40. The van der Waals surface area contributed by atoms with Gasteiger partial charge in [-0.1, -0.05) is 0 Å². The summed E-state index contributed by atoms with van der Waals surface area (Å²) < 4.78 is 73.8. The molecule has 0 aromatic rings. The first-order valence-corrected chi connectivity index (χ1v) is 3.15. The molecule has 0 unspecified atom stereocenters. The Morgan fingerprint density at radius 1 is 0.938 bits per heavy atom. The van der Waals surface area contributed by atoms with E-state index in [1.165, 1.54) is 0 Å². The first kappa shape index (κ1) is 14.5. The van der Waals surface area contributed by atoms with Crippen LogP contribution in [0.4, 0.5) is 26.3 Å². The van der Waals surface area contributed by atoms with Crippen molar-refractivity contribution in [3.63, 3.8) is 0 Å². The van der Waals surface area contributed by atoms with Crippen LogP contribution in [0, 0.1) is 0 Å². The minimum absolute atomic E-state index is 2.18. The van der Waals surface area contributed by atoms with E-state index in [4.69, 9.17) is 10.4 Å². The van der Waals surface area contributed by atoms with Crippen molar-refractivity contribution in [2.45, 2.75) is 17.8 Å². The molecule has 0 rings (SSSR count). The number of hydrogen-bond donors (Lipinski definition) is 2. The number of carbonyl (C=O) groups excluding carboxylic acids is 1. The fraction of sp³-hybridized carbons (Fsp3) is 0.600. The molecule has 0 saturated carbocycles. The lowest BCUT2D eigenvalue weighted by Gasteiger charge is -2.27. The SMILES string of the molecule is O=C(O)C(F)(F)C(F)(F)C(F)(F)C(=O)OO.